The van der Waals surface area contributed by atoms with E-state index in [1.165, 1.54) is 0 Å². The van der Waals surface area contributed by atoms with E-state index >= 15 is 0 Å². The minimum Gasteiger partial charge on any atom is -0.356 e. The van der Waals surface area contributed by atoms with Crippen LogP contribution < -0.4 is 5.32 Å². The Bertz CT molecular complexity index is 581. The summed E-state index contributed by atoms with van der Waals surface area (Å²) in [6.45, 7) is 6.19. The summed E-state index contributed by atoms with van der Waals surface area (Å²) < 4.78 is 0. The van der Waals surface area contributed by atoms with Gasteiger partial charge in [-0.25, -0.2) is 0 Å². The third-order valence-corrected chi connectivity index (χ3v) is 5.08. The Morgan fingerprint density at radius 3 is 2.32 bits per heavy atom. The molecule has 2 saturated heterocycles. The largest absolute Gasteiger partial charge is 0.356 e. The number of nitrogens with one attached hydrogen (secondary N) is 1. The van der Waals surface area contributed by atoms with Crippen LogP contribution in [0.1, 0.15) is 47.2 Å². The van der Waals surface area contributed by atoms with Crippen molar-refractivity contribution in [3.05, 3.63) is 34.9 Å². The highest BCUT2D eigenvalue weighted by molar-refractivity contribution is 5.95. The molecule has 0 atom stereocenters. The summed E-state index contributed by atoms with van der Waals surface area (Å²) in [5, 5.41) is 2.99. The van der Waals surface area contributed by atoms with Crippen molar-refractivity contribution in [3.8, 4) is 0 Å². The summed E-state index contributed by atoms with van der Waals surface area (Å²) in [4.78, 5) is 26.8. The zero-order valence-electron chi connectivity index (χ0n) is 13.4. The van der Waals surface area contributed by atoms with E-state index in [9.17, 15) is 9.59 Å². The normalized spacial score (nSPS) is 20.8. The Balaban J connectivity index is 1.70. The third-order valence-electron chi connectivity index (χ3n) is 5.08. The highest BCUT2D eigenvalue weighted by atomic mass is 16.2. The number of carbonyl (C=O) groups is 2. The van der Waals surface area contributed by atoms with Gasteiger partial charge in [-0.1, -0.05) is 17.2 Å². The van der Waals surface area contributed by atoms with Crippen LogP contribution in [-0.2, 0) is 4.79 Å². The predicted molar refractivity (Wildman–Crippen MR) is 85.7 cm³/mol. The van der Waals surface area contributed by atoms with Gasteiger partial charge < -0.3 is 10.2 Å². The van der Waals surface area contributed by atoms with Gasteiger partial charge in [0.25, 0.3) is 5.91 Å². The molecular weight excluding hydrogens is 276 g/mol. The Hall–Kier alpha value is -1.84. The summed E-state index contributed by atoms with van der Waals surface area (Å²) in [5.41, 5.74) is 2.77. The number of benzene rings is 1. The topological polar surface area (TPSA) is 49.4 Å². The Labute approximate surface area is 131 Å². The third kappa shape index (κ3) is 2.74. The average Bonchev–Trinajstić information content (AvgIpc) is 2.49. The van der Waals surface area contributed by atoms with Crippen LogP contribution in [0.25, 0.3) is 0 Å². The molecule has 0 saturated carbocycles. The van der Waals surface area contributed by atoms with Gasteiger partial charge in [0.1, 0.15) is 0 Å². The molecule has 22 heavy (non-hydrogen) atoms. The molecule has 3 rings (SSSR count). The first-order chi connectivity index (χ1) is 10.5. The fourth-order valence-electron chi connectivity index (χ4n) is 3.83. The molecule has 0 aromatic heterocycles. The molecule has 0 radical (unpaired) electrons. The maximum atomic E-state index is 12.7. The van der Waals surface area contributed by atoms with Gasteiger partial charge in [0.2, 0.25) is 5.91 Å². The second kappa shape index (κ2) is 5.75. The Morgan fingerprint density at radius 1 is 1.09 bits per heavy atom. The minimum atomic E-state index is -0.225. The number of amides is 2. The van der Waals surface area contributed by atoms with E-state index in [2.05, 4.69) is 11.4 Å². The van der Waals surface area contributed by atoms with E-state index < -0.39 is 0 Å². The molecule has 2 aliphatic heterocycles. The fraction of sp³-hybridized carbons (Fsp3) is 0.556. The summed E-state index contributed by atoms with van der Waals surface area (Å²) in [5.74, 6) is 0.287. The molecule has 1 spiro atoms. The maximum Gasteiger partial charge on any atom is 0.253 e. The lowest BCUT2D eigenvalue weighted by atomic mass is 9.72. The number of likely N-dealkylation sites (tertiary alicyclic amines) is 1. The molecular formula is C18H24N2O2. The fourth-order valence-corrected chi connectivity index (χ4v) is 3.83. The number of piperidine rings is 2. The van der Waals surface area contributed by atoms with Gasteiger partial charge in [-0.3, -0.25) is 9.59 Å². The van der Waals surface area contributed by atoms with Gasteiger partial charge >= 0.3 is 0 Å². The molecule has 2 fully saturated rings. The number of hydrogen-bond donors (Lipinski definition) is 1. The van der Waals surface area contributed by atoms with E-state index in [1.54, 1.807) is 0 Å². The van der Waals surface area contributed by atoms with Crippen molar-refractivity contribution in [3.63, 3.8) is 0 Å². The van der Waals surface area contributed by atoms with Crippen molar-refractivity contribution in [1.82, 2.24) is 10.2 Å². The standard InChI is InChI=1S/C18H24N2O2/c1-13-10-14(2)12-15(11-13)16(21)20-8-5-18(6-9-20)4-3-7-19-17(18)22/h10-12H,3-9H2,1-2H3,(H,19,22). The SMILES string of the molecule is Cc1cc(C)cc(C(=O)N2CCC3(CCCNC3=O)CC2)c1. The molecule has 1 N–H and O–H groups in total. The van der Waals surface area contributed by atoms with Crippen molar-refractivity contribution in [2.75, 3.05) is 19.6 Å². The predicted octanol–water partition coefficient (Wildman–Crippen LogP) is 2.44. The van der Waals surface area contributed by atoms with Crippen LogP contribution in [0.2, 0.25) is 0 Å². The van der Waals surface area contributed by atoms with Crippen LogP contribution in [-0.4, -0.2) is 36.3 Å². The van der Waals surface area contributed by atoms with Crippen molar-refractivity contribution < 1.29 is 9.59 Å². The van der Waals surface area contributed by atoms with Gasteiger partial charge in [-0.05, 0) is 51.7 Å². The number of rotatable bonds is 1. The minimum absolute atomic E-state index is 0.0952. The van der Waals surface area contributed by atoms with Crippen LogP contribution >= 0.6 is 0 Å². The molecule has 2 amide bonds. The summed E-state index contributed by atoms with van der Waals surface area (Å²) >= 11 is 0. The quantitative estimate of drug-likeness (QED) is 0.866. The molecule has 0 bridgehead atoms. The smallest absolute Gasteiger partial charge is 0.253 e. The molecule has 1 aromatic carbocycles. The van der Waals surface area contributed by atoms with Crippen LogP contribution in [0.3, 0.4) is 0 Å². The molecule has 0 unspecified atom stereocenters. The van der Waals surface area contributed by atoms with Gasteiger partial charge in [0.05, 0.1) is 5.41 Å². The molecule has 118 valence electrons. The summed E-state index contributed by atoms with van der Waals surface area (Å²) in [6.07, 6.45) is 3.59. The van der Waals surface area contributed by atoms with Crippen molar-refractivity contribution in [1.29, 1.82) is 0 Å². The maximum absolute atomic E-state index is 12.7. The monoisotopic (exact) mass is 300 g/mol. The van der Waals surface area contributed by atoms with Gasteiger partial charge in [-0.15, -0.1) is 0 Å². The van der Waals surface area contributed by atoms with Crippen LogP contribution in [0.4, 0.5) is 0 Å². The molecule has 1 aromatic rings. The van der Waals surface area contributed by atoms with Gasteiger partial charge in [0.15, 0.2) is 0 Å². The van der Waals surface area contributed by atoms with Crippen LogP contribution in [0, 0.1) is 19.3 Å². The Morgan fingerprint density at radius 2 is 1.73 bits per heavy atom. The molecule has 2 heterocycles. The highest BCUT2D eigenvalue weighted by Crippen LogP contribution is 2.38. The second-order valence-electron chi connectivity index (χ2n) is 6.81. The molecule has 4 nitrogen and oxygen atoms in total. The van der Waals surface area contributed by atoms with E-state index in [0.717, 1.165) is 48.9 Å². The van der Waals surface area contributed by atoms with Gasteiger partial charge in [0, 0.05) is 25.2 Å². The summed E-state index contributed by atoms with van der Waals surface area (Å²) in [7, 11) is 0. The lowest BCUT2D eigenvalue weighted by Crippen LogP contribution is -2.52. The van der Waals surface area contributed by atoms with Crippen LogP contribution in [0.5, 0.6) is 0 Å². The van der Waals surface area contributed by atoms with Crippen molar-refractivity contribution >= 4 is 11.8 Å². The van der Waals surface area contributed by atoms with E-state index in [4.69, 9.17) is 0 Å². The van der Waals surface area contributed by atoms with E-state index in [1.807, 2.05) is 30.9 Å². The molecule has 0 aliphatic carbocycles. The number of nitrogens with zero attached hydrogens (tertiary/aromatic N) is 1. The van der Waals surface area contributed by atoms with E-state index in [0.29, 0.717) is 13.1 Å². The summed E-state index contributed by atoms with van der Waals surface area (Å²) in [6, 6.07) is 5.98. The van der Waals surface area contributed by atoms with Crippen molar-refractivity contribution in [2.24, 2.45) is 5.41 Å². The number of hydrogen-bond acceptors (Lipinski definition) is 2. The molecule has 2 aliphatic rings. The lowest BCUT2D eigenvalue weighted by Gasteiger charge is -2.42. The second-order valence-corrected chi connectivity index (χ2v) is 6.81. The Kier molecular flexibility index (Phi) is 3.94. The highest BCUT2D eigenvalue weighted by Gasteiger charge is 2.43. The average molecular weight is 300 g/mol. The van der Waals surface area contributed by atoms with Crippen LogP contribution in [0.15, 0.2) is 18.2 Å². The van der Waals surface area contributed by atoms with Crippen molar-refractivity contribution in [2.45, 2.75) is 39.5 Å². The molecule has 4 heteroatoms. The number of carbonyl (C=O) groups excluding carboxylic acids is 2. The zero-order chi connectivity index (χ0) is 15.7. The first-order valence-corrected chi connectivity index (χ1v) is 8.16. The first-order valence-electron chi connectivity index (χ1n) is 8.16. The lowest BCUT2D eigenvalue weighted by molar-refractivity contribution is -0.136. The zero-order valence-corrected chi connectivity index (χ0v) is 13.4. The number of aryl methyl sites for hydroxylation is 2. The van der Waals surface area contributed by atoms with E-state index in [-0.39, 0.29) is 17.2 Å². The first kappa shape index (κ1) is 15.1. The van der Waals surface area contributed by atoms with Gasteiger partial charge in [-0.2, -0.15) is 0 Å².